The molecule has 0 spiro atoms. The summed E-state index contributed by atoms with van der Waals surface area (Å²) in [5.74, 6) is 0.829. The maximum atomic E-state index is 15.4. The highest BCUT2D eigenvalue weighted by molar-refractivity contribution is 6.74. The zero-order valence-electron chi connectivity index (χ0n) is 25.1. The van der Waals surface area contributed by atoms with E-state index >= 15 is 4.39 Å². The minimum Gasteiger partial charge on any atom is -0.461 e. The topological polar surface area (TPSA) is 35.5 Å². The summed E-state index contributed by atoms with van der Waals surface area (Å²) in [4.78, 5) is 12.4. The van der Waals surface area contributed by atoms with Crippen molar-refractivity contribution >= 4 is 14.3 Å². The van der Waals surface area contributed by atoms with Gasteiger partial charge < -0.3 is 9.16 Å². The van der Waals surface area contributed by atoms with Crippen LogP contribution in [-0.4, -0.2) is 27.0 Å². The second kappa shape index (κ2) is 10.2. The first kappa shape index (κ1) is 29.0. The normalized spacial score (nSPS) is 39.3. The van der Waals surface area contributed by atoms with Gasteiger partial charge in [0.25, 0.3) is 0 Å². The lowest BCUT2D eigenvalue weighted by molar-refractivity contribution is -0.140. The smallest absolute Gasteiger partial charge is 0.367 e. The van der Waals surface area contributed by atoms with Gasteiger partial charge in [0.2, 0.25) is 5.83 Å². The van der Waals surface area contributed by atoms with E-state index in [0.717, 1.165) is 37.7 Å². The number of carbonyl (C=O) groups excluding carboxylic acids is 1. The molecule has 0 bridgehead atoms. The maximum absolute atomic E-state index is 15.4. The first-order chi connectivity index (χ1) is 17.2. The number of carbonyl (C=O) groups is 1. The molecule has 0 N–H and O–H groups in total. The quantitative estimate of drug-likeness (QED) is 0.148. The van der Waals surface area contributed by atoms with Crippen LogP contribution < -0.4 is 0 Å². The average molecular weight is 533 g/mol. The number of hydrogen-bond acceptors (Lipinski definition) is 3. The van der Waals surface area contributed by atoms with Crippen molar-refractivity contribution in [2.24, 2.45) is 34.5 Å². The number of halogens is 1. The third-order valence-corrected chi connectivity index (χ3v) is 16.2. The van der Waals surface area contributed by atoms with Crippen molar-refractivity contribution in [3.63, 3.8) is 0 Å². The Kier molecular flexibility index (Phi) is 8.03. The van der Waals surface area contributed by atoms with Gasteiger partial charge in [-0.05, 0) is 116 Å². The Bertz CT molecular complexity index is 946. The molecule has 0 radical (unpaired) electrons. The lowest BCUT2D eigenvalue weighted by Gasteiger charge is -2.60. The highest BCUT2D eigenvalue weighted by atomic mass is 28.4. The summed E-state index contributed by atoms with van der Waals surface area (Å²) in [7, 11) is -1.81. The van der Waals surface area contributed by atoms with E-state index in [2.05, 4.69) is 60.7 Å². The molecule has 0 aromatic heterocycles. The Labute approximate surface area is 227 Å². The van der Waals surface area contributed by atoms with Crippen LogP contribution in [0.1, 0.15) is 106 Å². The molecule has 0 aliphatic heterocycles. The van der Waals surface area contributed by atoms with Crippen molar-refractivity contribution in [2.45, 2.75) is 130 Å². The fourth-order valence-corrected chi connectivity index (χ4v) is 9.97. The summed E-state index contributed by atoms with van der Waals surface area (Å²) in [5, 5.41) is 0.227. The summed E-state index contributed by atoms with van der Waals surface area (Å²) in [6, 6.07) is 0. The predicted molar refractivity (Wildman–Crippen MR) is 152 cm³/mol. The minimum absolute atomic E-state index is 0.217. The third kappa shape index (κ3) is 4.94. The van der Waals surface area contributed by atoms with E-state index in [1.54, 1.807) is 12.5 Å². The maximum Gasteiger partial charge on any atom is 0.367 e. The van der Waals surface area contributed by atoms with E-state index in [0.29, 0.717) is 36.2 Å². The predicted octanol–water partition coefficient (Wildman–Crippen LogP) is 9.15. The van der Waals surface area contributed by atoms with Crippen LogP contribution in [-0.2, 0) is 14.0 Å². The number of fused-ring (bicyclic) bond motifs is 5. The van der Waals surface area contributed by atoms with Crippen molar-refractivity contribution in [2.75, 3.05) is 6.61 Å². The highest BCUT2D eigenvalue weighted by Crippen LogP contribution is 2.68. The van der Waals surface area contributed by atoms with Crippen LogP contribution in [0.2, 0.25) is 18.1 Å². The fraction of sp³-hybridized carbons (Fsp3) is 0.844. The van der Waals surface area contributed by atoms with Crippen LogP contribution >= 0.6 is 0 Å². The molecule has 7 atom stereocenters. The van der Waals surface area contributed by atoms with E-state index < -0.39 is 20.1 Å². The summed E-state index contributed by atoms with van der Waals surface area (Å²) < 4.78 is 27.4. The van der Waals surface area contributed by atoms with E-state index in [-0.39, 0.29) is 22.5 Å². The molecule has 3 nitrogen and oxygen atoms in total. The Morgan fingerprint density at radius 3 is 2.35 bits per heavy atom. The molecule has 4 aliphatic carbocycles. The average Bonchev–Trinajstić information content (AvgIpc) is 3.16. The van der Waals surface area contributed by atoms with Crippen molar-refractivity contribution in [3.05, 3.63) is 23.0 Å². The van der Waals surface area contributed by atoms with Gasteiger partial charge in [0.05, 0.1) is 6.61 Å². The SMILES string of the molecule is CCC[C@@H]1C=C2CC(O[Si](C)(C)C(C)(C)C)CC[C@]2(C)[C@H]2CC[C@]3(C)C(=C(F)C(=O)OCC)CC[C@H]3[C@H]12. The van der Waals surface area contributed by atoms with E-state index in [1.807, 2.05) is 0 Å². The molecular formula is C32H53FO3Si. The Balaban J connectivity index is 1.65. The third-order valence-electron chi connectivity index (χ3n) is 11.6. The van der Waals surface area contributed by atoms with Gasteiger partial charge >= 0.3 is 5.97 Å². The monoisotopic (exact) mass is 532 g/mol. The second-order valence-electron chi connectivity index (χ2n) is 14.6. The fourth-order valence-electron chi connectivity index (χ4n) is 8.58. The van der Waals surface area contributed by atoms with Crippen LogP contribution in [0.5, 0.6) is 0 Å². The van der Waals surface area contributed by atoms with Gasteiger partial charge in [0, 0.05) is 6.10 Å². The minimum atomic E-state index is -1.81. The molecule has 0 amide bonds. The molecule has 0 heterocycles. The van der Waals surface area contributed by atoms with Crippen LogP contribution in [0.4, 0.5) is 4.39 Å². The van der Waals surface area contributed by atoms with Gasteiger partial charge in [-0.1, -0.05) is 59.6 Å². The number of ether oxygens (including phenoxy) is 1. The summed E-state index contributed by atoms with van der Waals surface area (Å²) in [5.41, 5.74) is 2.39. The summed E-state index contributed by atoms with van der Waals surface area (Å²) in [6.45, 7) is 20.8. The number of esters is 1. The van der Waals surface area contributed by atoms with Gasteiger partial charge in [-0.15, -0.1) is 0 Å². The van der Waals surface area contributed by atoms with Crippen LogP contribution in [0.3, 0.4) is 0 Å². The Hall–Kier alpha value is -0.943. The zero-order chi connectivity index (χ0) is 27.4. The Morgan fingerprint density at radius 2 is 1.73 bits per heavy atom. The van der Waals surface area contributed by atoms with E-state index in [1.165, 1.54) is 19.3 Å². The van der Waals surface area contributed by atoms with Crippen molar-refractivity contribution in [3.8, 4) is 0 Å². The van der Waals surface area contributed by atoms with Crippen molar-refractivity contribution in [1.82, 2.24) is 0 Å². The number of allylic oxidation sites excluding steroid dienone is 2. The van der Waals surface area contributed by atoms with E-state index in [9.17, 15) is 4.79 Å². The van der Waals surface area contributed by atoms with Crippen molar-refractivity contribution < 1.29 is 18.3 Å². The molecule has 4 rings (SSSR count). The molecule has 5 heteroatoms. The molecule has 37 heavy (non-hydrogen) atoms. The Morgan fingerprint density at radius 1 is 1.08 bits per heavy atom. The molecule has 3 fully saturated rings. The second-order valence-corrected chi connectivity index (χ2v) is 19.4. The van der Waals surface area contributed by atoms with Gasteiger partial charge in [0.15, 0.2) is 8.32 Å². The lowest BCUT2D eigenvalue weighted by atomic mass is 9.45. The van der Waals surface area contributed by atoms with Crippen LogP contribution in [0, 0.1) is 34.5 Å². The molecule has 0 aromatic rings. The van der Waals surface area contributed by atoms with Gasteiger partial charge in [0.1, 0.15) is 0 Å². The number of hydrogen-bond donors (Lipinski definition) is 0. The molecule has 1 unspecified atom stereocenters. The number of rotatable bonds is 6. The zero-order valence-corrected chi connectivity index (χ0v) is 26.1. The summed E-state index contributed by atoms with van der Waals surface area (Å²) >= 11 is 0. The molecule has 3 saturated carbocycles. The van der Waals surface area contributed by atoms with Crippen LogP contribution in [0.15, 0.2) is 23.0 Å². The highest BCUT2D eigenvalue weighted by Gasteiger charge is 2.60. The standard InChI is InChI=1S/C32H53FO3Si/c1-10-12-21-19-22-20-23(36-37(8,9)30(3,4)5)15-17-31(22,6)25-16-18-32(7)24(27(21)25)13-14-26(32)28(33)29(34)35-11-2/h19,21,23-25,27H,10-18,20H2,1-9H3/t21-,23?,24+,25+,27+,31+,32+/m1/s1. The molecule has 210 valence electrons. The van der Waals surface area contributed by atoms with Crippen molar-refractivity contribution in [1.29, 1.82) is 0 Å². The first-order valence-corrected chi connectivity index (χ1v) is 18.1. The first-order valence-electron chi connectivity index (χ1n) is 15.1. The summed E-state index contributed by atoms with van der Waals surface area (Å²) in [6.07, 6.45) is 12.6. The van der Waals surface area contributed by atoms with Crippen LogP contribution in [0.25, 0.3) is 0 Å². The molecule has 0 saturated heterocycles. The van der Waals surface area contributed by atoms with Gasteiger partial charge in [-0.25, -0.2) is 4.79 Å². The molecule has 0 aromatic carbocycles. The van der Waals surface area contributed by atoms with Gasteiger partial charge in [-0.2, -0.15) is 4.39 Å². The lowest BCUT2D eigenvalue weighted by Crippen LogP contribution is -2.53. The molecule has 4 aliphatic rings. The van der Waals surface area contributed by atoms with E-state index in [4.69, 9.17) is 9.16 Å². The van der Waals surface area contributed by atoms with Gasteiger partial charge in [-0.3, -0.25) is 0 Å². The largest absolute Gasteiger partial charge is 0.461 e. The molecular weight excluding hydrogens is 479 g/mol.